The normalized spacial score (nSPS) is 13.6. The van der Waals surface area contributed by atoms with Gasteiger partial charge in [-0.05, 0) is 61.7 Å². The van der Waals surface area contributed by atoms with Crippen LogP contribution in [0.25, 0.3) is 0 Å². The molecule has 0 radical (unpaired) electrons. The van der Waals surface area contributed by atoms with E-state index >= 15 is 0 Å². The molecule has 0 aromatic heterocycles. The number of rotatable bonds is 6. The molecule has 6 heteroatoms. The van der Waals surface area contributed by atoms with E-state index in [9.17, 15) is 9.18 Å². The topological polar surface area (TPSA) is 53.2 Å². The second-order valence-electron chi connectivity index (χ2n) is 6.33. The number of hydrogen-bond acceptors (Lipinski definition) is 3. The van der Waals surface area contributed by atoms with Crippen molar-refractivity contribution in [1.82, 2.24) is 10.6 Å². The average Bonchev–Trinajstić information content (AvgIpc) is 2.89. The Balaban J connectivity index is 1.51. The SMILES string of the molecule is O=C(NCCCNc1c(Cl)ccc2c1CCNCC2)c1ccccc1F. The van der Waals surface area contributed by atoms with Gasteiger partial charge in [-0.2, -0.15) is 0 Å². The maximum absolute atomic E-state index is 13.6. The Morgan fingerprint density at radius 2 is 1.92 bits per heavy atom. The Labute approximate surface area is 158 Å². The summed E-state index contributed by atoms with van der Waals surface area (Å²) in [6, 6.07) is 10.0. The Hall–Kier alpha value is -2.11. The Morgan fingerprint density at radius 1 is 1.12 bits per heavy atom. The number of benzene rings is 2. The largest absolute Gasteiger partial charge is 0.384 e. The molecule has 1 aliphatic rings. The van der Waals surface area contributed by atoms with Crippen LogP contribution in [0.2, 0.25) is 5.02 Å². The fourth-order valence-electron chi connectivity index (χ4n) is 3.18. The van der Waals surface area contributed by atoms with Gasteiger partial charge >= 0.3 is 0 Å². The molecule has 1 aliphatic heterocycles. The molecule has 4 nitrogen and oxygen atoms in total. The molecule has 2 aromatic rings. The van der Waals surface area contributed by atoms with Crippen LogP contribution in [0.15, 0.2) is 36.4 Å². The summed E-state index contributed by atoms with van der Waals surface area (Å²) in [6.07, 6.45) is 2.67. The van der Waals surface area contributed by atoms with Crippen LogP contribution in [-0.2, 0) is 12.8 Å². The van der Waals surface area contributed by atoms with Gasteiger partial charge < -0.3 is 16.0 Å². The lowest BCUT2D eigenvalue weighted by Gasteiger charge is -2.16. The third-order valence-electron chi connectivity index (χ3n) is 4.54. The minimum Gasteiger partial charge on any atom is -0.384 e. The van der Waals surface area contributed by atoms with E-state index in [1.54, 1.807) is 12.1 Å². The zero-order chi connectivity index (χ0) is 18.4. The molecule has 0 saturated carbocycles. The Bertz CT molecular complexity index is 782. The van der Waals surface area contributed by atoms with Crippen LogP contribution < -0.4 is 16.0 Å². The Morgan fingerprint density at radius 3 is 2.77 bits per heavy atom. The molecule has 0 saturated heterocycles. The molecule has 26 heavy (non-hydrogen) atoms. The van der Waals surface area contributed by atoms with Gasteiger partial charge in [0.1, 0.15) is 5.82 Å². The lowest BCUT2D eigenvalue weighted by Crippen LogP contribution is -2.26. The molecule has 0 aliphatic carbocycles. The second kappa shape index (κ2) is 9.01. The standard InChI is InChI=1S/C20H23ClFN3O/c21-17-7-6-14-8-12-23-13-9-15(14)19(17)24-10-3-11-25-20(26)16-4-1-2-5-18(16)22/h1-2,4-7,23-24H,3,8-13H2,(H,25,26). The fourth-order valence-corrected chi connectivity index (χ4v) is 3.42. The first-order valence-corrected chi connectivity index (χ1v) is 9.32. The number of hydrogen-bond donors (Lipinski definition) is 3. The van der Waals surface area contributed by atoms with E-state index in [0.717, 1.165) is 43.1 Å². The first-order valence-electron chi connectivity index (χ1n) is 8.94. The highest BCUT2D eigenvalue weighted by molar-refractivity contribution is 6.33. The van der Waals surface area contributed by atoms with E-state index in [-0.39, 0.29) is 11.5 Å². The summed E-state index contributed by atoms with van der Waals surface area (Å²) in [5.74, 6) is -0.892. The number of carbonyl (C=O) groups is 1. The lowest BCUT2D eigenvalue weighted by atomic mass is 10.0. The maximum Gasteiger partial charge on any atom is 0.254 e. The van der Waals surface area contributed by atoms with Gasteiger partial charge in [-0.15, -0.1) is 0 Å². The third-order valence-corrected chi connectivity index (χ3v) is 4.86. The van der Waals surface area contributed by atoms with E-state index in [2.05, 4.69) is 22.0 Å². The van der Waals surface area contributed by atoms with E-state index in [4.69, 9.17) is 11.6 Å². The van der Waals surface area contributed by atoms with Crippen molar-refractivity contribution in [2.75, 3.05) is 31.5 Å². The highest BCUT2D eigenvalue weighted by Gasteiger charge is 2.14. The number of nitrogens with one attached hydrogen (secondary N) is 3. The number of halogens is 2. The van der Waals surface area contributed by atoms with Gasteiger partial charge in [-0.3, -0.25) is 4.79 Å². The van der Waals surface area contributed by atoms with Crippen molar-refractivity contribution < 1.29 is 9.18 Å². The molecule has 0 atom stereocenters. The van der Waals surface area contributed by atoms with Crippen molar-refractivity contribution in [3.05, 3.63) is 63.9 Å². The number of carbonyl (C=O) groups excluding carboxylic acids is 1. The molecular formula is C20H23ClFN3O. The minimum absolute atomic E-state index is 0.0735. The molecule has 138 valence electrons. The minimum atomic E-state index is -0.504. The number of amides is 1. The fraction of sp³-hybridized carbons (Fsp3) is 0.350. The van der Waals surface area contributed by atoms with E-state index in [0.29, 0.717) is 13.1 Å². The predicted octanol–water partition coefficient (Wildman–Crippen LogP) is 3.40. The van der Waals surface area contributed by atoms with Crippen molar-refractivity contribution in [2.24, 2.45) is 0 Å². The molecule has 1 amide bonds. The molecule has 1 heterocycles. The highest BCUT2D eigenvalue weighted by Crippen LogP contribution is 2.30. The molecule has 3 N–H and O–H groups in total. The average molecular weight is 376 g/mol. The molecule has 3 rings (SSSR count). The van der Waals surface area contributed by atoms with Gasteiger partial charge in [0, 0.05) is 13.1 Å². The van der Waals surface area contributed by atoms with Crippen LogP contribution in [-0.4, -0.2) is 32.1 Å². The highest BCUT2D eigenvalue weighted by atomic mass is 35.5. The van der Waals surface area contributed by atoms with Gasteiger partial charge in [-0.1, -0.05) is 29.8 Å². The van der Waals surface area contributed by atoms with Gasteiger partial charge in [0.2, 0.25) is 0 Å². The van der Waals surface area contributed by atoms with Crippen LogP contribution in [0.3, 0.4) is 0 Å². The zero-order valence-corrected chi connectivity index (χ0v) is 15.3. The molecule has 0 fully saturated rings. The van der Waals surface area contributed by atoms with Gasteiger partial charge in [-0.25, -0.2) is 4.39 Å². The summed E-state index contributed by atoms with van der Waals surface area (Å²) < 4.78 is 13.6. The van der Waals surface area contributed by atoms with Crippen LogP contribution >= 0.6 is 11.6 Å². The van der Waals surface area contributed by atoms with Crippen molar-refractivity contribution >= 4 is 23.2 Å². The molecule has 0 bridgehead atoms. The van der Waals surface area contributed by atoms with E-state index < -0.39 is 5.82 Å². The van der Waals surface area contributed by atoms with Crippen LogP contribution in [0.5, 0.6) is 0 Å². The summed E-state index contributed by atoms with van der Waals surface area (Å²) in [6.45, 7) is 3.08. The van der Waals surface area contributed by atoms with Crippen LogP contribution in [0.1, 0.15) is 27.9 Å². The van der Waals surface area contributed by atoms with Crippen molar-refractivity contribution in [3.63, 3.8) is 0 Å². The summed E-state index contributed by atoms with van der Waals surface area (Å²) in [7, 11) is 0. The molecule has 0 spiro atoms. The smallest absolute Gasteiger partial charge is 0.254 e. The summed E-state index contributed by atoms with van der Waals surface area (Å²) in [5.41, 5.74) is 3.67. The quantitative estimate of drug-likeness (QED) is 0.678. The zero-order valence-electron chi connectivity index (χ0n) is 14.6. The number of fused-ring (bicyclic) bond motifs is 1. The van der Waals surface area contributed by atoms with Gasteiger partial charge in [0.15, 0.2) is 0 Å². The summed E-state index contributed by atoms with van der Waals surface area (Å²) in [5, 5.41) is 10.3. The first-order chi connectivity index (χ1) is 12.7. The second-order valence-corrected chi connectivity index (χ2v) is 6.73. The maximum atomic E-state index is 13.6. The van der Waals surface area contributed by atoms with Gasteiger partial charge in [0.25, 0.3) is 5.91 Å². The van der Waals surface area contributed by atoms with Crippen LogP contribution in [0.4, 0.5) is 10.1 Å². The summed E-state index contributed by atoms with van der Waals surface area (Å²) in [4.78, 5) is 12.0. The third kappa shape index (κ3) is 4.54. The summed E-state index contributed by atoms with van der Waals surface area (Å²) >= 11 is 6.38. The van der Waals surface area contributed by atoms with Crippen molar-refractivity contribution in [1.29, 1.82) is 0 Å². The van der Waals surface area contributed by atoms with E-state index in [1.807, 2.05) is 6.07 Å². The van der Waals surface area contributed by atoms with Gasteiger partial charge in [0.05, 0.1) is 16.3 Å². The van der Waals surface area contributed by atoms with Crippen molar-refractivity contribution in [2.45, 2.75) is 19.3 Å². The molecular weight excluding hydrogens is 353 g/mol. The predicted molar refractivity (Wildman–Crippen MR) is 104 cm³/mol. The van der Waals surface area contributed by atoms with E-state index in [1.165, 1.54) is 23.3 Å². The molecule has 2 aromatic carbocycles. The van der Waals surface area contributed by atoms with Crippen LogP contribution in [0, 0.1) is 5.82 Å². The molecule has 0 unspecified atom stereocenters. The Kier molecular flexibility index (Phi) is 6.47. The first kappa shape index (κ1) is 18.7. The van der Waals surface area contributed by atoms with Crippen molar-refractivity contribution in [3.8, 4) is 0 Å². The number of anilines is 1. The lowest BCUT2D eigenvalue weighted by molar-refractivity contribution is 0.0949. The monoisotopic (exact) mass is 375 g/mol.